The van der Waals surface area contributed by atoms with Crippen molar-refractivity contribution in [1.82, 2.24) is 0 Å². The predicted octanol–water partition coefficient (Wildman–Crippen LogP) is 3.26. The predicted molar refractivity (Wildman–Crippen MR) is 77.8 cm³/mol. The first-order valence-electron chi connectivity index (χ1n) is 6.58. The molecule has 0 aromatic heterocycles. The number of benzene rings is 2. The van der Waals surface area contributed by atoms with Gasteiger partial charge in [-0.3, -0.25) is 4.79 Å². The van der Waals surface area contributed by atoms with Crippen LogP contribution in [-0.2, 0) is 10.2 Å². The summed E-state index contributed by atoms with van der Waals surface area (Å²) in [5.41, 5.74) is 7.45. The standard InChI is InChI=1S/C17H19NO/c1-2-17(13-16(18)19,14-9-5-3-6-10-14)15-11-7-4-8-12-15/h3-12H,2,13H2,1H3,(H2,18,19). The molecule has 2 heteroatoms. The van der Waals surface area contributed by atoms with E-state index in [1.165, 1.54) is 0 Å². The highest BCUT2D eigenvalue weighted by Crippen LogP contribution is 2.38. The third-order valence-corrected chi connectivity index (χ3v) is 3.73. The maximum Gasteiger partial charge on any atom is 0.218 e. The summed E-state index contributed by atoms with van der Waals surface area (Å²) in [5, 5.41) is 0. The van der Waals surface area contributed by atoms with Gasteiger partial charge in [0.25, 0.3) is 0 Å². The lowest BCUT2D eigenvalue weighted by Crippen LogP contribution is -2.32. The molecule has 2 aromatic rings. The molecule has 0 bridgehead atoms. The first-order valence-corrected chi connectivity index (χ1v) is 6.58. The fraction of sp³-hybridized carbons (Fsp3) is 0.235. The van der Waals surface area contributed by atoms with Crippen LogP contribution in [0.4, 0.5) is 0 Å². The lowest BCUT2D eigenvalue weighted by atomic mass is 9.70. The van der Waals surface area contributed by atoms with Gasteiger partial charge in [-0.15, -0.1) is 0 Å². The summed E-state index contributed by atoms with van der Waals surface area (Å²) >= 11 is 0. The van der Waals surface area contributed by atoms with E-state index in [0.717, 1.165) is 17.5 Å². The molecule has 19 heavy (non-hydrogen) atoms. The molecule has 0 heterocycles. The van der Waals surface area contributed by atoms with Crippen LogP contribution in [0.2, 0.25) is 0 Å². The van der Waals surface area contributed by atoms with Gasteiger partial charge in [0, 0.05) is 11.8 Å². The maximum atomic E-state index is 11.5. The fourth-order valence-electron chi connectivity index (χ4n) is 2.72. The van der Waals surface area contributed by atoms with E-state index in [0.29, 0.717) is 6.42 Å². The van der Waals surface area contributed by atoms with Crippen LogP contribution in [0.25, 0.3) is 0 Å². The van der Waals surface area contributed by atoms with Crippen LogP contribution in [-0.4, -0.2) is 5.91 Å². The summed E-state index contributed by atoms with van der Waals surface area (Å²) in [7, 11) is 0. The molecule has 2 aromatic carbocycles. The Labute approximate surface area is 114 Å². The Kier molecular flexibility index (Phi) is 4.00. The number of rotatable bonds is 5. The minimum absolute atomic E-state index is 0.269. The zero-order valence-electron chi connectivity index (χ0n) is 11.2. The first kappa shape index (κ1) is 13.3. The van der Waals surface area contributed by atoms with Crippen molar-refractivity contribution in [2.75, 3.05) is 0 Å². The van der Waals surface area contributed by atoms with Crippen LogP contribution < -0.4 is 5.73 Å². The summed E-state index contributed by atoms with van der Waals surface area (Å²) in [6.45, 7) is 2.10. The molecule has 0 radical (unpaired) electrons. The fourth-order valence-corrected chi connectivity index (χ4v) is 2.72. The average molecular weight is 253 g/mol. The Hall–Kier alpha value is -2.09. The highest BCUT2D eigenvalue weighted by Gasteiger charge is 2.33. The second kappa shape index (κ2) is 5.70. The zero-order valence-corrected chi connectivity index (χ0v) is 11.2. The lowest BCUT2D eigenvalue weighted by Gasteiger charge is -2.33. The number of carbonyl (C=O) groups excluding carboxylic acids is 1. The molecule has 0 atom stereocenters. The molecule has 0 fully saturated rings. The average Bonchev–Trinajstić information content (AvgIpc) is 2.46. The maximum absolute atomic E-state index is 11.5. The quantitative estimate of drug-likeness (QED) is 0.873. The Morgan fingerprint density at radius 2 is 1.37 bits per heavy atom. The van der Waals surface area contributed by atoms with Crippen LogP contribution in [0.5, 0.6) is 0 Å². The van der Waals surface area contributed by atoms with Crippen LogP contribution in [0.1, 0.15) is 30.9 Å². The van der Waals surface area contributed by atoms with Crippen molar-refractivity contribution in [2.45, 2.75) is 25.2 Å². The van der Waals surface area contributed by atoms with Gasteiger partial charge in [-0.25, -0.2) is 0 Å². The third kappa shape index (κ3) is 2.68. The summed E-state index contributed by atoms with van der Waals surface area (Å²) in [4.78, 5) is 11.5. The molecule has 0 spiro atoms. The van der Waals surface area contributed by atoms with E-state index in [1.807, 2.05) is 36.4 Å². The largest absolute Gasteiger partial charge is 0.370 e. The molecular formula is C17H19NO. The molecule has 0 aliphatic heterocycles. The van der Waals surface area contributed by atoms with E-state index in [2.05, 4.69) is 31.2 Å². The summed E-state index contributed by atoms with van der Waals surface area (Å²) < 4.78 is 0. The summed E-state index contributed by atoms with van der Waals surface area (Å²) in [6, 6.07) is 20.3. The monoisotopic (exact) mass is 253 g/mol. The molecule has 2 N–H and O–H groups in total. The first-order chi connectivity index (χ1) is 9.19. The van der Waals surface area contributed by atoms with Crippen LogP contribution in [0.15, 0.2) is 60.7 Å². The van der Waals surface area contributed by atoms with Crippen LogP contribution in [0, 0.1) is 0 Å². The summed E-state index contributed by atoms with van der Waals surface area (Å²) in [6.07, 6.45) is 1.17. The lowest BCUT2D eigenvalue weighted by molar-refractivity contribution is -0.119. The molecule has 0 saturated carbocycles. The van der Waals surface area contributed by atoms with Crippen molar-refractivity contribution >= 4 is 5.91 Å². The number of primary amides is 1. The van der Waals surface area contributed by atoms with E-state index in [-0.39, 0.29) is 11.3 Å². The molecule has 98 valence electrons. The number of amides is 1. The van der Waals surface area contributed by atoms with Gasteiger partial charge in [0.15, 0.2) is 0 Å². The Balaban J connectivity index is 2.58. The van der Waals surface area contributed by atoms with Crippen molar-refractivity contribution in [3.05, 3.63) is 71.8 Å². The highest BCUT2D eigenvalue weighted by atomic mass is 16.1. The Morgan fingerprint density at radius 1 is 0.947 bits per heavy atom. The minimum atomic E-state index is -0.325. The number of carbonyl (C=O) groups is 1. The topological polar surface area (TPSA) is 43.1 Å². The van der Waals surface area contributed by atoms with Gasteiger partial charge in [0.05, 0.1) is 0 Å². The van der Waals surface area contributed by atoms with Crippen molar-refractivity contribution in [3.8, 4) is 0 Å². The van der Waals surface area contributed by atoms with Gasteiger partial charge in [0.2, 0.25) is 5.91 Å². The second-order valence-electron chi connectivity index (χ2n) is 4.81. The van der Waals surface area contributed by atoms with E-state index >= 15 is 0 Å². The molecule has 0 unspecified atom stereocenters. The van der Waals surface area contributed by atoms with Crippen LogP contribution in [0.3, 0.4) is 0 Å². The Morgan fingerprint density at radius 3 is 1.68 bits per heavy atom. The van der Waals surface area contributed by atoms with E-state index in [4.69, 9.17) is 5.73 Å². The van der Waals surface area contributed by atoms with Crippen molar-refractivity contribution < 1.29 is 4.79 Å². The van der Waals surface area contributed by atoms with Crippen molar-refractivity contribution in [3.63, 3.8) is 0 Å². The van der Waals surface area contributed by atoms with Gasteiger partial charge in [-0.1, -0.05) is 67.6 Å². The normalized spacial score (nSPS) is 11.2. The molecule has 2 rings (SSSR count). The molecule has 1 amide bonds. The Bertz CT molecular complexity index is 494. The van der Waals surface area contributed by atoms with Crippen molar-refractivity contribution in [1.29, 1.82) is 0 Å². The van der Waals surface area contributed by atoms with Crippen molar-refractivity contribution in [2.24, 2.45) is 5.73 Å². The number of hydrogen-bond donors (Lipinski definition) is 1. The van der Waals surface area contributed by atoms with Gasteiger partial charge in [-0.2, -0.15) is 0 Å². The van der Waals surface area contributed by atoms with Gasteiger partial charge in [-0.05, 0) is 17.5 Å². The molecule has 0 aliphatic carbocycles. The summed E-state index contributed by atoms with van der Waals surface area (Å²) in [5.74, 6) is -0.269. The van der Waals surface area contributed by atoms with Gasteiger partial charge < -0.3 is 5.73 Å². The third-order valence-electron chi connectivity index (χ3n) is 3.73. The second-order valence-corrected chi connectivity index (χ2v) is 4.81. The minimum Gasteiger partial charge on any atom is -0.370 e. The molecule has 0 aliphatic rings. The van der Waals surface area contributed by atoms with E-state index in [9.17, 15) is 4.79 Å². The number of nitrogens with two attached hydrogens (primary N) is 1. The van der Waals surface area contributed by atoms with Gasteiger partial charge >= 0.3 is 0 Å². The molecule has 0 saturated heterocycles. The van der Waals surface area contributed by atoms with Crippen LogP contribution >= 0.6 is 0 Å². The highest BCUT2D eigenvalue weighted by molar-refractivity contribution is 5.76. The number of hydrogen-bond acceptors (Lipinski definition) is 1. The molecular weight excluding hydrogens is 234 g/mol. The van der Waals surface area contributed by atoms with Gasteiger partial charge in [0.1, 0.15) is 0 Å². The van der Waals surface area contributed by atoms with E-state index in [1.54, 1.807) is 0 Å². The van der Waals surface area contributed by atoms with E-state index < -0.39 is 0 Å². The molecule has 2 nitrogen and oxygen atoms in total. The smallest absolute Gasteiger partial charge is 0.218 e. The SMILES string of the molecule is CCC(CC(N)=O)(c1ccccc1)c1ccccc1. The zero-order chi connectivity index (χ0) is 13.7.